The van der Waals surface area contributed by atoms with Gasteiger partial charge in [0.1, 0.15) is 12.4 Å². The second-order valence-corrected chi connectivity index (χ2v) is 6.21. The number of amides is 1. The topological polar surface area (TPSA) is 66.8 Å². The SMILES string of the molecule is C=CCN1C(=O)C[C@@H]1COc1cc(Cl)cc(Cl)c1.CC(=O)O.CCC. The van der Waals surface area contributed by atoms with Crippen LogP contribution in [0, 0.1) is 0 Å². The molecule has 0 bridgehead atoms. The van der Waals surface area contributed by atoms with Crippen molar-refractivity contribution >= 4 is 35.1 Å². The second-order valence-electron chi connectivity index (χ2n) is 5.34. The molecule has 1 saturated heterocycles. The number of carbonyl (C=O) groups is 2. The molecule has 25 heavy (non-hydrogen) atoms. The Hall–Kier alpha value is -1.72. The van der Waals surface area contributed by atoms with Gasteiger partial charge >= 0.3 is 0 Å². The van der Waals surface area contributed by atoms with Gasteiger partial charge in [0.25, 0.3) is 5.97 Å². The van der Waals surface area contributed by atoms with E-state index in [1.54, 1.807) is 29.2 Å². The average Bonchev–Trinajstić information content (AvgIpc) is 2.48. The van der Waals surface area contributed by atoms with E-state index in [0.717, 1.165) is 6.92 Å². The van der Waals surface area contributed by atoms with E-state index in [1.807, 2.05) is 0 Å². The molecular formula is C18H25Cl2NO4. The predicted molar refractivity (Wildman–Crippen MR) is 102 cm³/mol. The summed E-state index contributed by atoms with van der Waals surface area (Å²) in [5, 5.41) is 8.48. The van der Waals surface area contributed by atoms with Gasteiger partial charge in [-0.2, -0.15) is 0 Å². The van der Waals surface area contributed by atoms with Crippen molar-refractivity contribution < 1.29 is 19.4 Å². The van der Waals surface area contributed by atoms with Crippen molar-refractivity contribution in [1.29, 1.82) is 0 Å². The molecule has 1 aromatic carbocycles. The fraction of sp³-hybridized carbons (Fsp3) is 0.444. The van der Waals surface area contributed by atoms with Crippen LogP contribution in [0.15, 0.2) is 30.9 Å². The Labute approximate surface area is 159 Å². The summed E-state index contributed by atoms with van der Waals surface area (Å²) in [6.45, 7) is 9.96. The third kappa shape index (κ3) is 9.99. The van der Waals surface area contributed by atoms with E-state index < -0.39 is 5.97 Å². The number of rotatable bonds is 5. The third-order valence-corrected chi connectivity index (χ3v) is 3.21. The zero-order valence-corrected chi connectivity index (χ0v) is 16.3. The Morgan fingerprint density at radius 2 is 1.84 bits per heavy atom. The standard InChI is InChI=1S/C13H13Cl2NO2.C3H8.C2H4O2/c1-2-3-16-11(7-13(16)17)8-18-12-5-9(14)4-10(15)6-12;1-3-2;1-2(3)4/h2,4-6,11H,1,3,7-8H2;3H2,1-2H3;1H3,(H,3,4)/t11-;;/m1../s1. The molecule has 7 heteroatoms. The van der Waals surface area contributed by atoms with Crippen LogP contribution in [0.3, 0.4) is 0 Å². The highest BCUT2D eigenvalue weighted by Gasteiger charge is 2.35. The Morgan fingerprint density at radius 1 is 1.36 bits per heavy atom. The molecular weight excluding hydrogens is 365 g/mol. The fourth-order valence-corrected chi connectivity index (χ4v) is 2.37. The smallest absolute Gasteiger partial charge is 0.300 e. The van der Waals surface area contributed by atoms with Crippen molar-refractivity contribution in [2.24, 2.45) is 0 Å². The van der Waals surface area contributed by atoms with Gasteiger partial charge in [-0.15, -0.1) is 6.58 Å². The number of halogens is 2. The lowest BCUT2D eigenvalue weighted by atomic mass is 10.0. The number of carboxylic acid groups (broad SMARTS) is 1. The summed E-state index contributed by atoms with van der Waals surface area (Å²) in [6, 6.07) is 5.15. The summed E-state index contributed by atoms with van der Waals surface area (Å²) < 4.78 is 5.60. The van der Waals surface area contributed by atoms with Crippen LogP contribution in [-0.4, -0.2) is 41.1 Å². The lowest BCUT2D eigenvalue weighted by molar-refractivity contribution is -0.146. The first-order valence-corrected chi connectivity index (χ1v) is 8.69. The summed E-state index contributed by atoms with van der Waals surface area (Å²) in [4.78, 5) is 22.1. The highest BCUT2D eigenvalue weighted by Crippen LogP contribution is 2.26. The van der Waals surface area contributed by atoms with Crippen molar-refractivity contribution in [1.82, 2.24) is 4.90 Å². The first-order valence-electron chi connectivity index (χ1n) is 7.93. The first kappa shape index (κ1) is 23.3. The molecule has 140 valence electrons. The lowest BCUT2D eigenvalue weighted by Gasteiger charge is -2.39. The van der Waals surface area contributed by atoms with Crippen molar-refractivity contribution in [2.45, 2.75) is 39.7 Å². The molecule has 1 atom stereocenters. The highest BCUT2D eigenvalue weighted by molar-refractivity contribution is 6.34. The van der Waals surface area contributed by atoms with Gasteiger partial charge in [-0.25, -0.2) is 0 Å². The van der Waals surface area contributed by atoms with Gasteiger partial charge in [0.2, 0.25) is 5.91 Å². The number of nitrogens with zero attached hydrogens (tertiary/aromatic N) is 1. The molecule has 5 nitrogen and oxygen atoms in total. The van der Waals surface area contributed by atoms with E-state index in [2.05, 4.69) is 20.4 Å². The molecule has 2 rings (SSSR count). The summed E-state index contributed by atoms with van der Waals surface area (Å²) in [5.74, 6) is -0.0852. The number of hydrogen-bond acceptors (Lipinski definition) is 3. The third-order valence-electron chi connectivity index (χ3n) is 2.78. The minimum atomic E-state index is -0.833. The molecule has 1 heterocycles. The number of β-lactam (4-membered cyclic amide) rings is 1. The Bertz CT molecular complexity index is 554. The van der Waals surface area contributed by atoms with Crippen LogP contribution >= 0.6 is 23.2 Å². The number of hydrogen-bond donors (Lipinski definition) is 1. The molecule has 1 amide bonds. The van der Waals surface area contributed by atoms with E-state index in [4.69, 9.17) is 37.8 Å². The van der Waals surface area contributed by atoms with Crippen molar-refractivity contribution in [2.75, 3.05) is 13.2 Å². The first-order chi connectivity index (χ1) is 11.7. The quantitative estimate of drug-likeness (QED) is 0.586. The highest BCUT2D eigenvalue weighted by atomic mass is 35.5. The van der Waals surface area contributed by atoms with Crippen molar-refractivity contribution in [3.8, 4) is 5.75 Å². The van der Waals surface area contributed by atoms with Crippen LogP contribution in [-0.2, 0) is 9.59 Å². The normalized spacial score (nSPS) is 15.0. The Kier molecular flexibility index (Phi) is 11.7. The molecule has 1 aromatic rings. The molecule has 1 fully saturated rings. The molecule has 1 aliphatic rings. The number of ether oxygens (including phenoxy) is 1. The van der Waals surface area contributed by atoms with Crippen LogP contribution in [0.2, 0.25) is 10.0 Å². The van der Waals surface area contributed by atoms with Crippen LogP contribution < -0.4 is 4.74 Å². The maximum absolute atomic E-state index is 11.3. The van der Waals surface area contributed by atoms with Gasteiger partial charge in [-0.1, -0.05) is 49.5 Å². The van der Waals surface area contributed by atoms with E-state index in [9.17, 15) is 4.79 Å². The zero-order valence-electron chi connectivity index (χ0n) is 14.8. The van der Waals surface area contributed by atoms with Gasteiger partial charge in [-0.05, 0) is 18.2 Å². The van der Waals surface area contributed by atoms with Crippen LogP contribution in [0.4, 0.5) is 0 Å². The van der Waals surface area contributed by atoms with E-state index in [-0.39, 0.29) is 11.9 Å². The second kappa shape index (κ2) is 12.6. The van der Waals surface area contributed by atoms with Gasteiger partial charge < -0.3 is 14.7 Å². The summed E-state index contributed by atoms with van der Waals surface area (Å²) in [5.41, 5.74) is 0. The number of benzene rings is 1. The number of likely N-dealkylation sites (tertiary alicyclic amines) is 1. The van der Waals surface area contributed by atoms with Crippen LogP contribution in [0.5, 0.6) is 5.75 Å². The zero-order chi connectivity index (χ0) is 19.4. The Morgan fingerprint density at radius 3 is 2.24 bits per heavy atom. The maximum atomic E-state index is 11.3. The number of carbonyl (C=O) groups excluding carboxylic acids is 1. The molecule has 0 saturated carbocycles. The Balaban J connectivity index is 0.000000708. The maximum Gasteiger partial charge on any atom is 0.300 e. The minimum absolute atomic E-state index is 0.105. The van der Waals surface area contributed by atoms with Crippen LogP contribution in [0.1, 0.15) is 33.6 Å². The lowest BCUT2D eigenvalue weighted by Crippen LogP contribution is -2.55. The molecule has 1 N–H and O–H groups in total. The van der Waals surface area contributed by atoms with Crippen molar-refractivity contribution in [3.05, 3.63) is 40.9 Å². The predicted octanol–water partition coefficient (Wildman–Crippen LogP) is 4.67. The average molecular weight is 390 g/mol. The van der Waals surface area contributed by atoms with Gasteiger partial charge in [0, 0.05) is 23.5 Å². The fourth-order valence-electron chi connectivity index (χ4n) is 1.86. The molecule has 1 aliphatic heterocycles. The monoisotopic (exact) mass is 389 g/mol. The largest absolute Gasteiger partial charge is 0.491 e. The number of carboxylic acids is 1. The summed E-state index contributed by atoms with van der Waals surface area (Å²) in [7, 11) is 0. The van der Waals surface area contributed by atoms with E-state index in [0.29, 0.717) is 35.4 Å². The van der Waals surface area contributed by atoms with Crippen LogP contribution in [0.25, 0.3) is 0 Å². The molecule has 0 unspecified atom stereocenters. The molecule has 0 aliphatic carbocycles. The molecule has 0 spiro atoms. The van der Waals surface area contributed by atoms with Gasteiger partial charge in [0.15, 0.2) is 0 Å². The van der Waals surface area contributed by atoms with Gasteiger partial charge in [0.05, 0.1) is 12.5 Å². The van der Waals surface area contributed by atoms with E-state index >= 15 is 0 Å². The minimum Gasteiger partial charge on any atom is -0.491 e. The van der Waals surface area contributed by atoms with Crippen molar-refractivity contribution in [3.63, 3.8) is 0 Å². The van der Waals surface area contributed by atoms with Gasteiger partial charge in [-0.3, -0.25) is 9.59 Å². The molecule has 0 aromatic heterocycles. The summed E-state index contributed by atoms with van der Waals surface area (Å²) >= 11 is 11.7. The van der Waals surface area contributed by atoms with E-state index in [1.165, 1.54) is 6.42 Å². The summed E-state index contributed by atoms with van der Waals surface area (Å²) in [6.07, 6.45) is 3.47. The number of aliphatic carboxylic acids is 1. The molecule has 0 radical (unpaired) electrons.